The molecule has 0 saturated carbocycles. The molecule has 1 aromatic heterocycles. The Morgan fingerprint density at radius 1 is 1.40 bits per heavy atom. The third-order valence-corrected chi connectivity index (χ3v) is 4.50. The second-order valence-electron chi connectivity index (χ2n) is 5.22. The van der Waals surface area contributed by atoms with E-state index in [-0.39, 0.29) is 4.91 Å². The molecule has 0 bridgehead atoms. The van der Waals surface area contributed by atoms with Gasteiger partial charge in [-0.05, 0) is 50.7 Å². The number of nitrogens with one attached hydrogen (secondary N) is 1. The van der Waals surface area contributed by atoms with Crippen LogP contribution in [0.4, 0.5) is 5.69 Å². The molecule has 2 rings (SSSR count). The molecule has 0 radical (unpaired) electrons. The summed E-state index contributed by atoms with van der Waals surface area (Å²) in [6.07, 6.45) is 1.57. The average molecular weight is 362 g/mol. The number of rotatable bonds is 8. The standard InChI is InChI=1S/C17H22N4O3S/c1-5-21(6-2)13-8-7-12(14(10-13)24-4)9-15(16(22)23)25-17-18-11(3)19-20-17/h7-10H,5-6H2,1-4H3,(H,22,23)(H,18,19,20)/b15-9-. The van der Waals surface area contributed by atoms with E-state index in [1.807, 2.05) is 18.2 Å². The van der Waals surface area contributed by atoms with E-state index in [2.05, 4.69) is 33.9 Å². The summed E-state index contributed by atoms with van der Waals surface area (Å²) in [5, 5.41) is 16.5. The van der Waals surface area contributed by atoms with Gasteiger partial charge in [-0.2, -0.15) is 0 Å². The zero-order chi connectivity index (χ0) is 18.4. The van der Waals surface area contributed by atoms with Crippen molar-refractivity contribution >= 4 is 29.5 Å². The molecule has 7 nitrogen and oxygen atoms in total. The second kappa shape index (κ2) is 8.57. The summed E-state index contributed by atoms with van der Waals surface area (Å²) in [5.74, 6) is 0.214. The highest BCUT2D eigenvalue weighted by Gasteiger charge is 2.15. The number of ether oxygens (including phenoxy) is 1. The van der Waals surface area contributed by atoms with Gasteiger partial charge in [-0.3, -0.25) is 5.10 Å². The van der Waals surface area contributed by atoms with Gasteiger partial charge in [-0.1, -0.05) is 0 Å². The maximum Gasteiger partial charge on any atom is 0.342 e. The van der Waals surface area contributed by atoms with Crippen LogP contribution in [0.2, 0.25) is 0 Å². The summed E-state index contributed by atoms with van der Waals surface area (Å²) in [7, 11) is 1.57. The van der Waals surface area contributed by atoms with Gasteiger partial charge in [0.25, 0.3) is 0 Å². The number of aromatic amines is 1. The molecule has 0 saturated heterocycles. The highest BCUT2D eigenvalue weighted by Crippen LogP contribution is 2.31. The summed E-state index contributed by atoms with van der Waals surface area (Å²) >= 11 is 0.993. The largest absolute Gasteiger partial charge is 0.496 e. The van der Waals surface area contributed by atoms with Crippen LogP contribution in [0.5, 0.6) is 5.75 Å². The van der Waals surface area contributed by atoms with Crippen molar-refractivity contribution in [3.63, 3.8) is 0 Å². The number of hydrogen-bond acceptors (Lipinski definition) is 6. The van der Waals surface area contributed by atoms with E-state index >= 15 is 0 Å². The van der Waals surface area contributed by atoms with E-state index in [0.717, 1.165) is 30.5 Å². The van der Waals surface area contributed by atoms with Crippen LogP contribution in [-0.4, -0.2) is 46.5 Å². The quantitative estimate of drug-likeness (QED) is 0.550. The number of carboxylic acid groups (broad SMARTS) is 1. The molecule has 8 heteroatoms. The van der Waals surface area contributed by atoms with Crippen LogP contribution in [0.15, 0.2) is 28.3 Å². The summed E-state index contributed by atoms with van der Waals surface area (Å²) in [6, 6.07) is 5.74. The molecule has 25 heavy (non-hydrogen) atoms. The normalized spacial score (nSPS) is 11.4. The maximum atomic E-state index is 11.6. The molecule has 134 valence electrons. The third kappa shape index (κ3) is 4.76. The van der Waals surface area contributed by atoms with Crippen molar-refractivity contribution in [1.29, 1.82) is 0 Å². The van der Waals surface area contributed by atoms with Crippen LogP contribution in [-0.2, 0) is 4.79 Å². The van der Waals surface area contributed by atoms with E-state index in [9.17, 15) is 9.90 Å². The number of nitrogens with zero attached hydrogens (tertiary/aromatic N) is 3. The summed E-state index contributed by atoms with van der Waals surface area (Å²) in [4.78, 5) is 18.0. The van der Waals surface area contributed by atoms with E-state index in [4.69, 9.17) is 4.74 Å². The highest BCUT2D eigenvalue weighted by atomic mass is 32.2. The molecule has 0 unspecified atom stereocenters. The van der Waals surface area contributed by atoms with Crippen LogP contribution in [0.25, 0.3) is 6.08 Å². The molecular weight excluding hydrogens is 340 g/mol. The lowest BCUT2D eigenvalue weighted by molar-refractivity contribution is -0.131. The van der Waals surface area contributed by atoms with Gasteiger partial charge in [0.05, 0.1) is 7.11 Å². The van der Waals surface area contributed by atoms with Gasteiger partial charge in [0, 0.05) is 30.4 Å². The molecule has 0 fully saturated rings. The Hall–Kier alpha value is -2.48. The first-order valence-electron chi connectivity index (χ1n) is 7.93. The number of benzene rings is 1. The Kier molecular flexibility index (Phi) is 6.46. The predicted molar refractivity (Wildman–Crippen MR) is 99.1 cm³/mol. The summed E-state index contributed by atoms with van der Waals surface area (Å²) < 4.78 is 5.45. The number of aromatic nitrogens is 3. The van der Waals surface area contributed by atoms with Crippen LogP contribution in [0.1, 0.15) is 25.2 Å². The lowest BCUT2D eigenvalue weighted by atomic mass is 10.1. The molecule has 2 aromatic rings. The smallest absolute Gasteiger partial charge is 0.342 e. The lowest BCUT2D eigenvalue weighted by Gasteiger charge is -2.22. The average Bonchev–Trinajstić information content (AvgIpc) is 3.01. The fraction of sp³-hybridized carbons (Fsp3) is 0.353. The van der Waals surface area contributed by atoms with Gasteiger partial charge in [0.1, 0.15) is 16.5 Å². The van der Waals surface area contributed by atoms with E-state index in [1.54, 1.807) is 20.1 Å². The van der Waals surface area contributed by atoms with Crippen molar-refractivity contribution in [1.82, 2.24) is 15.2 Å². The number of aryl methyl sites for hydroxylation is 1. The first kappa shape index (κ1) is 18.9. The summed E-state index contributed by atoms with van der Waals surface area (Å²) in [5.41, 5.74) is 1.73. The van der Waals surface area contributed by atoms with Gasteiger partial charge in [0.2, 0.25) is 5.16 Å². The van der Waals surface area contributed by atoms with Crippen molar-refractivity contribution in [2.24, 2.45) is 0 Å². The Bertz CT molecular complexity index is 769. The van der Waals surface area contributed by atoms with Crippen LogP contribution < -0.4 is 9.64 Å². The minimum absolute atomic E-state index is 0.118. The Morgan fingerprint density at radius 2 is 2.12 bits per heavy atom. The van der Waals surface area contributed by atoms with E-state index in [0.29, 0.717) is 22.3 Å². The monoisotopic (exact) mass is 362 g/mol. The molecule has 0 aliphatic carbocycles. The first-order valence-corrected chi connectivity index (χ1v) is 8.74. The number of H-pyrrole nitrogens is 1. The van der Waals surface area contributed by atoms with Crippen molar-refractivity contribution in [3.8, 4) is 5.75 Å². The molecule has 0 aliphatic rings. The molecule has 1 heterocycles. The van der Waals surface area contributed by atoms with Gasteiger partial charge in [-0.25, -0.2) is 9.78 Å². The van der Waals surface area contributed by atoms with Crippen molar-refractivity contribution in [2.45, 2.75) is 25.9 Å². The van der Waals surface area contributed by atoms with Crippen molar-refractivity contribution < 1.29 is 14.6 Å². The molecule has 0 aliphatic heterocycles. The Balaban J connectivity index is 2.36. The SMILES string of the molecule is CCN(CC)c1ccc(/C=C(\Sc2n[nH]c(C)n2)C(=O)O)c(OC)c1. The number of hydrogen-bond donors (Lipinski definition) is 2. The number of carbonyl (C=O) groups is 1. The Morgan fingerprint density at radius 3 is 2.64 bits per heavy atom. The zero-order valence-corrected chi connectivity index (χ0v) is 15.6. The molecule has 0 atom stereocenters. The molecule has 2 N–H and O–H groups in total. The number of methoxy groups -OCH3 is 1. The minimum Gasteiger partial charge on any atom is -0.496 e. The third-order valence-electron chi connectivity index (χ3n) is 3.62. The fourth-order valence-electron chi connectivity index (χ4n) is 2.35. The second-order valence-corrected chi connectivity index (χ2v) is 6.23. The molecule has 0 spiro atoms. The lowest BCUT2D eigenvalue weighted by Crippen LogP contribution is -2.21. The summed E-state index contributed by atoms with van der Waals surface area (Å²) in [6.45, 7) is 7.70. The van der Waals surface area contributed by atoms with Crippen molar-refractivity contribution in [3.05, 3.63) is 34.5 Å². The predicted octanol–water partition coefficient (Wildman–Crippen LogP) is 3.19. The number of anilines is 1. The number of carboxylic acids is 1. The van der Waals surface area contributed by atoms with E-state index < -0.39 is 5.97 Å². The number of aliphatic carboxylic acids is 1. The van der Waals surface area contributed by atoms with Gasteiger partial charge < -0.3 is 14.7 Å². The first-order chi connectivity index (χ1) is 12.0. The van der Waals surface area contributed by atoms with Crippen LogP contribution in [0.3, 0.4) is 0 Å². The molecule has 0 amide bonds. The number of thioether (sulfide) groups is 1. The minimum atomic E-state index is -1.04. The van der Waals surface area contributed by atoms with Gasteiger partial charge >= 0.3 is 5.97 Å². The molecular formula is C17H22N4O3S. The van der Waals surface area contributed by atoms with Crippen LogP contribution >= 0.6 is 11.8 Å². The van der Waals surface area contributed by atoms with Gasteiger partial charge in [-0.15, -0.1) is 5.10 Å². The fourth-order valence-corrected chi connectivity index (χ4v) is 3.09. The zero-order valence-electron chi connectivity index (χ0n) is 14.7. The van der Waals surface area contributed by atoms with Crippen molar-refractivity contribution in [2.75, 3.05) is 25.1 Å². The van der Waals surface area contributed by atoms with Gasteiger partial charge in [0.15, 0.2) is 0 Å². The Labute approximate surface area is 151 Å². The highest BCUT2D eigenvalue weighted by molar-refractivity contribution is 8.04. The molecule has 1 aromatic carbocycles. The maximum absolute atomic E-state index is 11.6. The van der Waals surface area contributed by atoms with E-state index in [1.165, 1.54) is 0 Å². The topological polar surface area (TPSA) is 91.3 Å². The van der Waals surface area contributed by atoms with Crippen LogP contribution in [0, 0.1) is 6.92 Å².